The molecule has 0 saturated heterocycles. The molecular formula is C13H13Br2N3O. The average molecular weight is 387 g/mol. The van der Waals surface area contributed by atoms with E-state index in [1.807, 2.05) is 16.8 Å². The van der Waals surface area contributed by atoms with Crippen molar-refractivity contribution in [3.8, 4) is 0 Å². The fourth-order valence-electron chi connectivity index (χ4n) is 1.67. The molecule has 2 rings (SSSR count). The van der Waals surface area contributed by atoms with Crippen LogP contribution in [0.2, 0.25) is 0 Å². The first-order valence-corrected chi connectivity index (χ1v) is 7.44. The second-order valence-electron chi connectivity index (χ2n) is 4.07. The first-order valence-electron chi connectivity index (χ1n) is 5.85. The molecule has 0 aliphatic heterocycles. The van der Waals surface area contributed by atoms with E-state index in [0.717, 1.165) is 21.9 Å². The van der Waals surface area contributed by atoms with Gasteiger partial charge in [-0.1, -0.05) is 31.9 Å². The van der Waals surface area contributed by atoms with Crippen LogP contribution in [-0.4, -0.2) is 22.0 Å². The van der Waals surface area contributed by atoms with Crippen LogP contribution in [-0.2, 0) is 6.54 Å². The molecule has 19 heavy (non-hydrogen) atoms. The Balaban J connectivity index is 1.80. The van der Waals surface area contributed by atoms with Crippen molar-refractivity contribution in [3.05, 3.63) is 51.4 Å². The number of halogens is 2. The van der Waals surface area contributed by atoms with Crippen LogP contribution in [0.5, 0.6) is 0 Å². The summed E-state index contributed by atoms with van der Waals surface area (Å²) in [6, 6.07) is 5.50. The lowest BCUT2D eigenvalue weighted by molar-refractivity contribution is 0.0952. The van der Waals surface area contributed by atoms with E-state index < -0.39 is 0 Å². The molecule has 0 fully saturated rings. The zero-order chi connectivity index (χ0) is 13.7. The summed E-state index contributed by atoms with van der Waals surface area (Å²) in [5.74, 6) is -0.0624. The number of benzene rings is 1. The fraction of sp³-hybridized carbons (Fsp3) is 0.231. The number of rotatable bonds is 5. The number of carbonyl (C=O) groups is 1. The van der Waals surface area contributed by atoms with Gasteiger partial charge < -0.3 is 9.88 Å². The van der Waals surface area contributed by atoms with Crippen molar-refractivity contribution >= 4 is 37.8 Å². The molecule has 0 aliphatic rings. The third-order valence-electron chi connectivity index (χ3n) is 2.56. The predicted octanol–water partition coefficient (Wildman–Crippen LogP) is 3.23. The topological polar surface area (TPSA) is 46.9 Å². The van der Waals surface area contributed by atoms with Gasteiger partial charge >= 0.3 is 0 Å². The maximum atomic E-state index is 11.9. The van der Waals surface area contributed by atoms with Gasteiger partial charge in [-0.05, 0) is 24.6 Å². The Kier molecular flexibility index (Phi) is 5.15. The van der Waals surface area contributed by atoms with Crippen molar-refractivity contribution in [2.24, 2.45) is 0 Å². The standard InChI is InChI=1S/C13H13Br2N3O/c14-11-6-10(7-12(15)8-11)13(19)17-2-1-4-18-5-3-16-9-18/h3,5-9H,1-2,4H2,(H,17,19). The number of carbonyl (C=O) groups excluding carboxylic acids is 1. The van der Waals surface area contributed by atoms with E-state index in [1.54, 1.807) is 24.7 Å². The number of aromatic nitrogens is 2. The average Bonchev–Trinajstić information content (AvgIpc) is 2.86. The number of imidazole rings is 1. The molecule has 1 aromatic heterocycles. The zero-order valence-corrected chi connectivity index (χ0v) is 13.3. The van der Waals surface area contributed by atoms with Crippen LogP contribution < -0.4 is 5.32 Å². The maximum Gasteiger partial charge on any atom is 0.251 e. The maximum absolute atomic E-state index is 11.9. The number of aryl methyl sites for hydroxylation is 1. The summed E-state index contributed by atoms with van der Waals surface area (Å²) in [5, 5.41) is 2.90. The quantitative estimate of drug-likeness (QED) is 0.802. The number of nitrogens with one attached hydrogen (secondary N) is 1. The zero-order valence-electron chi connectivity index (χ0n) is 10.1. The molecular weight excluding hydrogens is 374 g/mol. The molecule has 1 heterocycles. The molecule has 1 N–H and O–H groups in total. The van der Waals surface area contributed by atoms with Gasteiger partial charge in [-0.15, -0.1) is 0 Å². The normalized spacial score (nSPS) is 10.4. The smallest absolute Gasteiger partial charge is 0.251 e. The molecule has 1 aromatic carbocycles. The second-order valence-corrected chi connectivity index (χ2v) is 5.90. The van der Waals surface area contributed by atoms with Crippen LogP contribution >= 0.6 is 31.9 Å². The largest absolute Gasteiger partial charge is 0.352 e. The van der Waals surface area contributed by atoms with Crippen LogP contribution in [0.4, 0.5) is 0 Å². The van der Waals surface area contributed by atoms with Gasteiger partial charge in [0, 0.05) is 40.0 Å². The van der Waals surface area contributed by atoms with E-state index in [4.69, 9.17) is 0 Å². The highest BCUT2D eigenvalue weighted by atomic mass is 79.9. The molecule has 0 aliphatic carbocycles. The van der Waals surface area contributed by atoms with E-state index in [1.165, 1.54) is 0 Å². The monoisotopic (exact) mass is 385 g/mol. The van der Waals surface area contributed by atoms with E-state index in [9.17, 15) is 4.79 Å². The van der Waals surface area contributed by atoms with Gasteiger partial charge in [-0.25, -0.2) is 4.98 Å². The molecule has 0 bridgehead atoms. The van der Waals surface area contributed by atoms with Gasteiger partial charge in [0.1, 0.15) is 0 Å². The Bertz CT molecular complexity index is 535. The Morgan fingerprint density at radius 2 is 2.00 bits per heavy atom. The van der Waals surface area contributed by atoms with Gasteiger partial charge in [0.2, 0.25) is 0 Å². The molecule has 0 spiro atoms. The molecule has 6 heteroatoms. The lowest BCUT2D eigenvalue weighted by Crippen LogP contribution is -2.25. The Hall–Kier alpha value is -1.14. The Labute approximate surface area is 128 Å². The summed E-state index contributed by atoms with van der Waals surface area (Å²) in [5.41, 5.74) is 0.642. The van der Waals surface area contributed by atoms with E-state index in [2.05, 4.69) is 42.2 Å². The molecule has 2 aromatic rings. The van der Waals surface area contributed by atoms with Crippen LogP contribution in [0.3, 0.4) is 0 Å². The highest BCUT2D eigenvalue weighted by Gasteiger charge is 2.06. The molecule has 1 amide bonds. The highest BCUT2D eigenvalue weighted by Crippen LogP contribution is 2.19. The SMILES string of the molecule is O=C(NCCCn1ccnc1)c1cc(Br)cc(Br)c1. The first kappa shape index (κ1) is 14.3. The molecule has 0 atom stereocenters. The van der Waals surface area contributed by atoms with E-state index in [-0.39, 0.29) is 5.91 Å². The summed E-state index contributed by atoms with van der Waals surface area (Å²) >= 11 is 6.74. The van der Waals surface area contributed by atoms with E-state index >= 15 is 0 Å². The predicted molar refractivity (Wildman–Crippen MR) is 81.0 cm³/mol. The highest BCUT2D eigenvalue weighted by molar-refractivity contribution is 9.11. The third-order valence-corrected chi connectivity index (χ3v) is 3.48. The number of amides is 1. The molecule has 0 unspecified atom stereocenters. The second kappa shape index (κ2) is 6.86. The molecule has 0 saturated carbocycles. The Morgan fingerprint density at radius 1 is 1.26 bits per heavy atom. The lowest BCUT2D eigenvalue weighted by atomic mass is 10.2. The van der Waals surface area contributed by atoms with Crippen molar-refractivity contribution in [1.29, 1.82) is 0 Å². The van der Waals surface area contributed by atoms with Crippen LogP contribution in [0, 0.1) is 0 Å². The van der Waals surface area contributed by atoms with Crippen molar-refractivity contribution in [2.75, 3.05) is 6.54 Å². The van der Waals surface area contributed by atoms with Gasteiger partial charge in [-0.3, -0.25) is 4.79 Å². The van der Waals surface area contributed by atoms with Crippen LogP contribution in [0.15, 0.2) is 45.9 Å². The van der Waals surface area contributed by atoms with Crippen LogP contribution in [0.25, 0.3) is 0 Å². The van der Waals surface area contributed by atoms with Gasteiger partial charge in [0.05, 0.1) is 6.33 Å². The molecule has 0 radical (unpaired) electrons. The van der Waals surface area contributed by atoms with Gasteiger partial charge in [0.25, 0.3) is 5.91 Å². The summed E-state index contributed by atoms with van der Waals surface area (Å²) in [7, 11) is 0. The number of nitrogens with zero attached hydrogens (tertiary/aromatic N) is 2. The Morgan fingerprint density at radius 3 is 2.63 bits per heavy atom. The summed E-state index contributed by atoms with van der Waals surface area (Å²) < 4.78 is 3.75. The summed E-state index contributed by atoms with van der Waals surface area (Å²) in [4.78, 5) is 15.9. The fourth-order valence-corrected chi connectivity index (χ4v) is 2.96. The minimum Gasteiger partial charge on any atom is -0.352 e. The van der Waals surface area contributed by atoms with Gasteiger partial charge in [-0.2, -0.15) is 0 Å². The number of hydrogen-bond donors (Lipinski definition) is 1. The van der Waals surface area contributed by atoms with Crippen LogP contribution in [0.1, 0.15) is 16.8 Å². The number of hydrogen-bond acceptors (Lipinski definition) is 2. The first-order chi connectivity index (χ1) is 9.15. The van der Waals surface area contributed by atoms with Crippen molar-refractivity contribution in [2.45, 2.75) is 13.0 Å². The summed E-state index contributed by atoms with van der Waals surface area (Å²) in [6.45, 7) is 1.49. The summed E-state index contributed by atoms with van der Waals surface area (Å²) in [6.07, 6.45) is 6.30. The molecule has 4 nitrogen and oxygen atoms in total. The van der Waals surface area contributed by atoms with Crippen molar-refractivity contribution in [1.82, 2.24) is 14.9 Å². The van der Waals surface area contributed by atoms with E-state index in [0.29, 0.717) is 12.1 Å². The van der Waals surface area contributed by atoms with Gasteiger partial charge in [0.15, 0.2) is 0 Å². The van der Waals surface area contributed by atoms with Crippen molar-refractivity contribution in [3.63, 3.8) is 0 Å². The minimum absolute atomic E-state index is 0.0624. The molecule has 100 valence electrons. The van der Waals surface area contributed by atoms with Crippen molar-refractivity contribution < 1.29 is 4.79 Å². The minimum atomic E-state index is -0.0624. The lowest BCUT2D eigenvalue weighted by Gasteiger charge is -2.06. The third kappa shape index (κ3) is 4.47.